The second-order valence-electron chi connectivity index (χ2n) is 6.06. The van der Waals surface area contributed by atoms with Crippen molar-refractivity contribution >= 4 is 22.6 Å². The van der Waals surface area contributed by atoms with Gasteiger partial charge in [-0.05, 0) is 49.6 Å². The Morgan fingerprint density at radius 3 is 2.50 bits per heavy atom. The Morgan fingerprint density at radius 2 is 1.88 bits per heavy atom. The molecule has 3 aromatic rings. The topological polar surface area (TPSA) is 107 Å². The number of aryl methyl sites for hydroxylation is 3. The largest absolute Gasteiger partial charge is 0.508 e. The fourth-order valence-electron chi connectivity index (χ4n) is 3.13. The van der Waals surface area contributed by atoms with Crippen LogP contribution in [0.5, 0.6) is 5.75 Å². The highest BCUT2D eigenvalue weighted by atomic mass is 16.3. The van der Waals surface area contributed by atoms with Gasteiger partial charge in [0.15, 0.2) is 0 Å². The van der Waals surface area contributed by atoms with Crippen LogP contribution in [0.3, 0.4) is 0 Å². The minimum Gasteiger partial charge on any atom is -0.508 e. The number of benzene rings is 2. The molecule has 3 rings (SSSR count). The second-order valence-corrected chi connectivity index (χ2v) is 6.06. The van der Waals surface area contributed by atoms with Gasteiger partial charge in [0, 0.05) is 12.6 Å². The van der Waals surface area contributed by atoms with Crippen molar-refractivity contribution in [2.24, 2.45) is 12.8 Å². The number of primary amides is 1. The first-order chi connectivity index (χ1) is 11.2. The van der Waals surface area contributed by atoms with Crippen LogP contribution in [0.25, 0.3) is 22.2 Å². The van der Waals surface area contributed by atoms with E-state index in [1.807, 2.05) is 38.5 Å². The number of carbonyl (C=O) groups is 1. The molecule has 1 aromatic heterocycles. The van der Waals surface area contributed by atoms with E-state index < -0.39 is 5.91 Å². The van der Waals surface area contributed by atoms with Gasteiger partial charge in [-0.3, -0.25) is 4.79 Å². The first kappa shape index (κ1) is 15.9. The first-order valence-corrected chi connectivity index (χ1v) is 7.58. The molecule has 24 heavy (non-hydrogen) atoms. The van der Waals surface area contributed by atoms with Gasteiger partial charge in [-0.25, -0.2) is 4.98 Å². The fraction of sp³-hybridized carbons (Fsp3) is 0.222. The summed E-state index contributed by atoms with van der Waals surface area (Å²) < 4.78 is 1.89. The molecule has 0 spiro atoms. The van der Waals surface area contributed by atoms with Crippen LogP contribution in [0.1, 0.15) is 27.3 Å². The summed E-state index contributed by atoms with van der Waals surface area (Å²) in [5.41, 5.74) is 16.8. The van der Waals surface area contributed by atoms with E-state index in [0.717, 1.165) is 22.5 Å². The number of imidazole rings is 1. The van der Waals surface area contributed by atoms with Crippen molar-refractivity contribution in [1.29, 1.82) is 0 Å². The molecular formula is C18H20N4O2. The van der Waals surface area contributed by atoms with E-state index in [9.17, 15) is 9.90 Å². The molecule has 1 amide bonds. The smallest absolute Gasteiger partial charge is 0.250 e. The Bertz CT molecular complexity index is 1000. The van der Waals surface area contributed by atoms with Crippen LogP contribution in [0, 0.1) is 20.8 Å². The molecule has 0 saturated carbocycles. The van der Waals surface area contributed by atoms with Gasteiger partial charge in [0.05, 0.1) is 22.3 Å². The molecule has 0 bridgehead atoms. The zero-order valence-electron chi connectivity index (χ0n) is 14.1. The van der Waals surface area contributed by atoms with Crippen molar-refractivity contribution in [2.75, 3.05) is 5.73 Å². The summed E-state index contributed by atoms with van der Waals surface area (Å²) in [4.78, 5) is 16.5. The van der Waals surface area contributed by atoms with Crippen molar-refractivity contribution in [3.63, 3.8) is 0 Å². The van der Waals surface area contributed by atoms with E-state index in [4.69, 9.17) is 11.5 Å². The number of hydrogen-bond donors (Lipinski definition) is 3. The van der Waals surface area contributed by atoms with E-state index >= 15 is 0 Å². The molecule has 0 unspecified atom stereocenters. The quantitative estimate of drug-likeness (QED) is 0.630. The molecule has 2 aromatic carbocycles. The predicted octanol–water partition coefficient (Wildman–Crippen LogP) is 2.55. The molecule has 0 aliphatic heterocycles. The van der Waals surface area contributed by atoms with Crippen molar-refractivity contribution in [3.05, 3.63) is 40.7 Å². The van der Waals surface area contributed by atoms with Gasteiger partial charge in [0.2, 0.25) is 0 Å². The van der Waals surface area contributed by atoms with Gasteiger partial charge in [0.1, 0.15) is 11.6 Å². The summed E-state index contributed by atoms with van der Waals surface area (Å²) in [6.45, 7) is 5.63. The predicted molar refractivity (Wildman–Crippen MR) is 95.0 cm³/mol. The number of nitrogens with two attached hydrogens (primary N) is 2. The minimum absolute atomic E-state index is 0.167. The number of rotatable bonds is 2. The zero-order chi connectivity index (χ0) is 17.8. The van der Waals surface area contributed by atoms with Gasteiger partial charge >= 0.3 is 0 Å². The maximum absolute atomic E-state index is 11.9. The second kappa shape index (κ2) is 5.26. The standard InChI is InChI=1S/C18H20N4O2/c1-8-5-6-13(23)9(2)14(8)15-16(19)11(18(20)24)7-12-17(15)21-10(3)22(12)4/h5-7,23H,19H2,1-4H3,(H2,20,24). The third kappa shape index (κ3) is 2.11. The lowest BCUT2D eigenvalue weighted by molar-refractivity contribution is 0.100. The van der Waals surface area contributed by atoms with Crippen LogP contribution >= 0.6 is 0 Å². The maximum atomic E-state index is 11.9. The van der Waals surface area contributed by atoms with Crippen LogP contribution in [-0.2, 0) is 7.05 Å². The molecule has 0 aliphatic rings. The summed E-state index contributed by atoms with van der Waals surface area (Å²) in [6, 6.07) is 5.13. The molecule has 5 N–H and O–H groups in total. The van der Waals surface area contributed by atoms with Crippen molar-refractivity contribution < 1.29 is 9.90 Å². The van der Waals surface area contributed by atoms with Gasteiger partial charge in [-0.2, -0.15) is 0 Å². The normalized spacial score (nSPS) is 11.2. The number of phenols is 1. The minimum atomic E-state index is -0.593. The fourth-order valence-corrected chi connectivity index (χ4v) is 3.13. The number of aromatic nitrogens is 2. The van der Waals surface area contributed by atoms with Gasteiger partial charge in [0.25, 0.3) is 5.91 Å². The molecule has 0 atom stereocenters. The molecule has 0 aliphatic carbocycles. The molecule has 124 valence electrons. The lowest BCUT2D eigenvalue weighted by Crippen LogP contribution is -2.14. The van der Waals surface area contributed by atoms with Crippen LogP contribution in [0.15, 0.2) is 18.2 Å². The van der Waals surface area contributed by atoms with Gasteiger partial charge in [-0.1, -0.05) is 6.07 Å². The third-order valence-corrected chi connectivity index (χ3v) is 4.60. The lowest BCUT2D eigenvalue weighted by Gasteiger charge is -2.16. The first-order valence-electron chi connectivity index (χ1n) is 7.58. The number of nitrogen functional groups attached to an aromatic ring is 1. The molecule has 0 radical (unpaired) electrons. The number of nitrogens with zero attached hydrogens (tertiary/aromatic N) is 2. The van der Waals surface area contributed by atoms with Crippen LogP contribution < -0.4 is 11.5 Å². The van der Waals surface area contributed by atoms with Gasteiger partial charge in [-0.15, -0.1) is 0 Å². The maximum Gasteiger partial charge on any atom is 0.250 e. The Hall–Kier alpha value is -3.02. The van der Waals surface area contributed by atoms with Gasteiger partial charge < -0.3 is 21.1 Å². The molecular weight excluding hydrogens is 304 g/mol. The summed E-state index contributed by atoms with van der Waals surface area (Å²) >= 11 is 0. The number of amides is 1. The Balaban J connectivity index is 2.57. The highest BCUT2D eigenvalue weighted by molar-refractivity contribution is 6.10. The number of carbonyl (C=O) groups excluding carboxylic acids is 1. The summed E-state index contributed by atoms with van der Waals surface area (Å²) in [6.07, 6.45) is 0. The van der Waals surface area contributed by atoms with E-state index in [0.29, 0.717) is 16.6 Å². The molecule has 0 saturated heterocycles. The highest BCUT2D eigenvalue weighted by Gasteiger charge is 2.22. The van der Waals surface area contributed by atoms with E-state index in [1.165, 1.54) is 0 Å². The average Bonchev–Trinajstić information content (AvgIpc) is 2.80. The van der Waals surface area contributed by atoms with Crippen LogP contribution in [0.2, 0.25) is 0 Å². The molecule has 1 heterocycles. The number of aromatic hydroxyl groups is 1. The SMILES string of the molecule is Cc1ccc(O)c(C)c1-c1c(N)c(C(N)=O)cc2c1nc(C)n2C. The Morgan fingerprint density at radius 1 is 1.21 bits per heavy atom. The summed E-state index contributed by atoms with van der Waals surface area (Å²) in [5.74, 6) is 0.368. The highest BCUT2D eigenvalue weighted by Crippen LogP contribution is 2.41. The van der Waals surface area contributed by atoms with Crippen LogP contribution in [-0.4, -0.2) is 20.6 Å². The molecule has 6 heteroatoms. The summed E-state index contributed by atoms with van der Waals surface area (Å²) in [7, 11) is 1.87. The van der Waals surface area contributed by atoms with E-state index in [2.05, 4.69) is 4.98 Å². The number of anilines is 1. The van der Waals surface area contributed by atoms with Crippen molar-refractivity contribution in [2.45, 2.75) is 20.8 Å². The number of fused-ring (bicyclic) bond motifs is 1. The number of phenolic OH excluding ortho intramolecular Hbond substituents is 1. The third-order valence-electron chi connectivity index (χ3n) is 4.60. The molecule has 6 nitrogen and oxygen atoms in total. The zero-order valence-corrected chi connectivity index (χ0v) is 14.1. The monoisotopic (exact) mass is 324 g/mol. The summed E-state index contributed by atoms with van der Waals surface area (Å²) in [5, 5.41) is 10.1. The number of hydrogen-bond acceptors (Lipinski definition) is 4. The van der Waals surface area contributed by atoms with Crippen molar-refractivity contribution in [1.82, 2.24) is 9.55 Å². The average molecular weight is 324 g/mol. The Kier molecular flexibility index (Phi) is 3.48. The molecule has 0 fully saturated rings. The Labute approximate surface area is 139 Å². The van der Waals surface area contributed by atoms with Crippen LogP contribution in [0.4, 0.5) is 5.69 Å². The van der Waals surface area contributed by atoms with Crippen molar-refractivity contribution in [3.8, 4) is 16.9 Å². The van der Waals surface area contributed by atoms with E-state index in [1.54, 1.807) is 12.1 Å². The van der Waals surface area contributed by atoms with E-state index in [-0.39, 0.29) is 17.0 Å². The lowest BCUT2D eigenvalue weighted by atomic mass is 9.91.